The fourth-order valence-corrected chi connectivity index (χ4v) is 2.91. The van der Waals surface area contributed by atoms with Crippen molar-refractivity contribution in [3.8, 4) is 0 Å². The van der Waals surface area contributed by atoms with E-state index in [1.807, 2.05) is 0 Å². The Morgan fingerprint density at radius 1 is 1.35 bits per heavy atom. The molecular weight excluding hydrogens is 220 g/mol. The van der Waals surface area contributed by atoms with Crippen LogP contribution in [0, 0.1) is 11.8 Å². The Balaban J connectivity index is 1.99. The van der Waals surface area contributed by atoms with Crippen LogP contribution in [-0.2, 0) is 9.59 Å². The van der Waals surface area contributed by atoms with Crippen molar-refractivity contribution < 1.29 is 14.7 Å². The Morgan fingerprint density at radius 3 is 2.71 bits per heavy atom. The lowest BCUT2D eigenvalue weighted by Gasteiger charge is -2.25. The summed E-state index contributed by atoms with van der Waals surface area (Å²) in [7, 11) is 0. The maximum absolute atomic E-state index is 12.1. The van der Waals surface area contributed by atoms with Crippen LogP contribution in [0.5, 0.6) is 0 Å². The largest absolute Gasteiger partial charge is 0.480 e. The highest BCUT2D eigenvalue weighted by molar-refractivity contribution is 5.89. The minimum atomic E-state index is -1.20. The minimum Gasteiger partial charge on any atom is -0.480 e. The van der Waals surface area contributed by atoms with Crippen molar-refractivity contribution in [1.82, 2.24) is 10.6 Å². The van der Waals surface area contributed by atoms with E-state index in [1.54, 1.807) is 0 Å². The number of carboxylic acid groups (broad SMARTS) is 1. The van der Waals surface area contributed by atoms with Gasteiger partial charge in [0, 0.05) is 0 Å². The molecule has 2 fully saturated rings. The normalized spacial score (nSPS) is 32.2. The summed E-state index contributed by atoms with van der Waals surface area (Å²) in [6.07, 6.45) is 3.44. The molecule has 1 saturated heterocycles. The van der Waals surface area contributed by atoms with Gasteiger partial charge in [-0.05, 0) is 45.1 Å². The average molecular weight is 240 g/mol. The van der Waals surface area contributed by atoms with E-state index in [1.165, 1.54) is 26.7 Å². The fraction of sp³-hybridized carbons (Fsp3) is 0.833. The molecule has 3 unspecified atom stereocenters. The molecular formula is C12H20N2O3. The van der Waals surface area contributed by atoms with E-state index < -0.39 is 11.5 Å². The molecule has 0 radical (unpaired) electrons. The van der Waals surface area contributed by atoms with E-state index in [9.17, 15) is 9.59 Å². The summed E-state index contributed by atoms with van der Waals surface area (Å²) in [6, 6.07) is -0.207. The molecule has 3 N–H and O–H groups in total. The van der Waals surface area contributed by atoms with Gasteiger partial charge in [0.2, 0.25) is 5.91 Å². The Labute approximate surface area is 101 Å². The van der Waals surface area contributed by atoms with Crippen LogP contribution in [-0.4, -0.2) is 35.1 Å². The quantitative estimate of drug-likeness (QED) is 0.665. The van der Waals surface area contributed by atoms with Gasteiger partial charge in [0.05, 0.1) is 6.04 Å². The highest BCUT2D eigenvalue weighted by Gasteiger charge is 2.44. The third-order valence-electron chi connectivity index (χ3n) is 4.00. The van der Waals surface area contributed by atoms with Crippen LogP contribution in [0.2, 0.25) is 0 Å². The third-order valence-corrected chi connectivity index (χ3v) is 4.00. The van der Waals surface area contributed by atoms with Gasteiger partial charge < -0.3 is 15.7 Å². The Morgan fingerprint density at radius 2 is 2.06 bits per heavy atom. The molecule has 5 nitrogen and oxygen atoms in total. The molecule has 0 bridgehead atoms. The van der Waals surface area contributed by atoms with Gasteiger partial charge in [0.15, 0.2) is 0 Å². The summed E-state index contributed by atoms with van der Waals surface area (Å²) in [5, 5.41) is 14.8. The van der Waals surface area contributed by atoms with Crippen molar-refractivity contribution in [2.75, 3.05) is 6.54 Å². The fourth-order valence-electron chi connectivity index (χ4n) is 2.91. The summed E-state index contributed by atoms with van der Waals surface area (Å²) >= 11 is 0. The molecule has 0 aromatic rings. The van der Waals surface area contributed by atoms with Crippen LogP contribution in [0.4, 0.5) is 0 Å². The number of carboxylic acids is 1. The molecule has 1 saturated carbocycles. The molecule has 5 heteroatoms. The maximum atomic E-state index is 12.1. The van der Waals surface area contributed by atoms with E-state index in [2.05, 4.69) is 10.6 Å². The maximum Gasteiger partial charge on any atom is 0.328 e. The van der Waals surface area contributed by atoms with Gasteiger partial charge in [0.1, 0.15) is 5.54 Å². The zero-order chi connectivity index (χ0) is 12.6. The Kier molecular flexibility index (Phi) is 3.12. The molecule has 17 heavy (non-hydrogen) atoms. The topological polar surface area (TPSA) is 78.4 Å². The van der Waals surface area contributed by atoms with Gasteiger partial charge in [-0.25, -0.2) is 4.79 Å². The second kappa shape index (κ2) is 4.29. The summed E-state index contributed by atoms with van der Waals surface area (Å²) < 4.78 is 0. The van der Waals surface area contributed by atoms with Crippen molar-refractivity contribution in [2.45, 2.75) is 44.7 Å². The first-order valence-corrected chi connectivity index (χ1v) is 6.20. The Hall–Kier alpha value is -1.10. The number of hydrogen-bond acceptors (Lipinski definition) is 3. The number of aliphatic carboxylic acids is 1. The molecule has 1 aliphatic heterocycles. The first-order chi connectivity index (χ1) is 7.92. The van der Waals surface area contributed by atoms with Crippen molar-refractivity contribution in [3.05, 3.63) is 0 Å². The predicted molar refractivity (Wildman–Crippen MR) is 62.5 cm³/mol. The summed E-state index contributed by atoms with van der Waals surface area (Å²) in [5.74, 6) is -0.197. The monoisotopic (exact) mass is 240 g/mol. The van der Waals surface area contributed by atoms with Gasteiger partial charge in [-0.3, -0.25) is 4.79 Å². The lowest BCUT2D eigenvalue weighted by Crippen LogP contribution is -2.55. The van der Waals surface area contributed by atoms with Crippen LogP contribution in [0.3, 0.4) is 0 Å². The van der Waals surface area contributed by atoms with Gasteiger partial charge in [-0.15, -0.1) is 0 Å². The van der Waals surface area contributed by atoms with Crippen LogP contribution < -0.4 is 10.6 Å². The standard InChI is InChI=1S/C12H20N2O3/c1-12(2,11(16)17)14-10(15)9-8-5-3-4-7(8)6-13-9/h7-9,13H,3-6H2,1-2H3,(H,14,15)(H,16,17). The number of amides is 1. The van der Waals surface area contributed by atoms with E-state index in [4.69, 9.17) is 5.11 Å². The van der Waals surface area contributed by atoms with Gasteiger partial charge in [-0.2, -0.15) is 0 Å². The van der Waals surface area contributed by atoms with Crippen molar-refractivity contribution in [1.29, 1.82) is 0 Å². The molecule has 3 atom stereocenters. The molecule has 1 amide bonds. The van der Waals surface area contributed by atoms with E-state index in [-0.39, 0.29) is 11.9 Å². The second-order valence-corrected chi connectivity index (χ2v) is 5.66. The summed E-state index contributed by atoms with van der Waals surface area (Å²) in [5.41, 5.74) is -1.20. The zero-order valence-corrected chi connectivity index (χ0v) is 10.3. The third kappa shape index (κ3) is 2.29. The number of carbonyl (C=O) groups excluding carboxylic acids is 1. The molecule has 0 aromatic carbocycles. The van der Waals surface area contributed by atoms with Gasteiger partial charge in [-0.1, -0.05) is 6.42 Å². The summed E-state index contributed by atoms with van der Waals surface area (Å²) in [6.45, 7) is 3.90. The number of rotatable bonds is 3. The molecule has 0 aromatic heterocycles. The van der Waals surface area contributed by atoms with Crippen molar-refractivity contribution in [2.24, 2.45) is 11.8 Å². The molecule has 2 aliphatic rings. The highest BCUT2D eigenvalue weighted by Crippen LogP contribution is 2.37. The number of nitrogens with one attached hydrogen (secondary N) is 2. The second-order valence-electron chi connectivity index (χ2n) is 5.66. The van der Waals surface area contributed by atoms with Crippen molar-refractivity contribution in [3.63, 3.8) is 0 Å². The molecule has 1 heterocycles. The predicted octanol–water partition coefficient (Wildman–Crippen LogP) is 0.354. The lowest BCUT2D eigenvalue weighted by atomic mass is 9.93. The summed E-state index contributed by atoms with van der Waals surface area (Å²) in [4.78, 5) is 23.0. The lowest BCUT2D eigenvalue weighted by molar-refractivity contribution is -0.146. The minimum absolute atomic E-state index is 0.174. The van der Waals surface area contributed by atoms with Gasteiger partial charge in [0.25, 0.3) is 0 Å². The number of carbonyl (C=O) groups is 2. The SMILES string of the molecule is CC(C)(NC(=O)C1NCC2CCCC21)C(=O)O. The van der Waals surface area contributed by atoms with E-state index in [0.717, 1.165) is 13.0 Å². The average Bonchev–Trinajstić information content (AvgIpc) is 2.75. The Bertz CT molecular complexity index is 341. The molecule has 0 spiro atoms. The molecule has 2 rings (SSSR count). The van der Waals surface area contributed by atoms with Crippen LogP contribution >= 0.6 is 0 Å². The van der Waals surface area contributed by atoms with Crippen LogP contribution in [0.1, 0.15) is 33.1 Å². The number of hydrogen-bond donors (Lipinski definition) is 3. The first-order valence-electron chi connectivity index (χ1n) is 6.20. The molecule has 96 valence electrons. The molecule has 1 aliphatic carbocycles. The zero-order valence-electron chi connectivity index (χ0n) is 10.3. The smallest absolute Gasteiger partial charge is 0.328 e. The number of fused-ring (bicyclic) bond motifs is 1. The van der Waals surface area contributed by atoms with Crippen LogP contribution in [0.15, 0.2) is 0 Å². The van der Waals surface area contributed by atoms with E-state index >= 15 is 0 Å². The highest BCUT2D eigenvalue weighted by atomic mass is 16.4. The first kappa shape index (κ1) is 12.4. The van der Waals surface area contributed by atoms with Crippen LogP contribution in [0.25, 0.3) is 0 Å². The van der Waals surface area contributed by atoms with Crippen molar-refractivity contribution >= 4 is 11.9 Å². The van der Waals surface area contributed by atoms with Gasteiger partial charge >= 0.3 is 5.97 Å². The van der Waals surface area contributed by atoms with E-state index in [0.29, 0.717) is 11.8 Å².